The van der Waals surface area contributed by atoms with E-state index < -0.39 is 0 Å². The number of rotatable bonds is 2. The van der Waals surface area contributed by atoms with Crippen molar-refractivity contribution >= 4 is 5.91 Å². The van der Waals surface area contributed by atoms with E-state index in [1.807, 2.05) is 29.1 Å². The molecule has 0 unspecified atom stereocenters. The van der Waals surface area contributed by atoms with E-state index in [1.54, 1.807) is 0 Å². The Balaban J connectivity index is 2.35. The molecule has 1 aromatic heterocycles. The van der Waals surface area contributed by atoms with Crippen LogP contribution in [0.5, 0.6) is 0 Å². The number of hydrogen-bond acceptors (Lipinski definition) is 1. The average molecular weight is 138 g/mol. The van der Waals surface area contributed by atoms with Crippen LogP contribution in [0.2, 0.25) is 0 Å². The summed E-state index contributed by atoms with van der Waals surface area (Å²) in [6, 6.07) is 3.84. The lowest BCUT2D eigenvalue weighted by molar-refractivity contribution is -0.119. The Kier molecular flexibility index (Phi) is 2.10. The predicted octanol–water partition coefficient (Wildman–Crippen LogP) is 0.582. The summed E-state index contributed by atoms with van der Waals surface area (Å²) in [4.78, 5) is 10.4. The molecular weight excluding hydrogens is 128 g/mol. The van der Waals surface area contributed by atoms with E-state index in [9.17, 15) is 4.79 Å². The van der Waals surface area contributed by atoms with Gasteiger partial charge in [-0.15, -0.1) is 0 Å². The van der Waals surface area contributed by atoms with Crippen molar-refractivity contribution in [3.05, 3.63) is 24.5 Å². The molecule has 0 aromatic carbocycles. The third kappa shape index (κ3) is 1.93. The van der Waals surface area contributed by atoms with Gasteiger partial charge in [0.05, 0.1) is 6.67 Å². The highest BCUT2D eigenvalue weighted by molar-refractivity contribution is 5.72. The maximum atomic E-state index is 10.4. The van der Waals surface area contributed by atoms with E-state index in [0.29, 0.717) is 6.67 Å². The Hall–Kier alpha value is -1.25. The second-order valence-electron chi connectivity index (χ2n) is 2.09. The maximum Gasteiger partial charge on any atom is 0.218 e. The van der Waals surface area contributed by atoms with E-state index in [2.05, 4.69) is 5.32 Å². The van der Waals surface area contributed by atoms with Crippen LogP contribution >= 0.6 is 0 Å². The van der Waals surface area contributed by atoms with Crippen LogP contribution in [0.4, 0.5) is 0 Å². The molecule has 1 amide bonds. The first kappa shape index (κ1) is 6.86. The monoisotopic (exact) mass is 138 g/mol. The van der Waals surface area contributed by atoms with Gasteiger partial charge < -0.3 is 9.88 Å². The first-order valence-corrected chi connectivity index (χ1v) is 3.14. The molecule has 1 N–H and O–H groups in total. The fourth-order valence-electron chi connectivity index (χ4n) is 0.678. The molecule has 0 aliphatic heterocycles. The summed E-state index contributed by atoms with van der Waals surface area (Å²) in [5.41, 5.74) is 0. The molecule has 0 radical (unpaired) electrons. The summed E-state index contributed by atoms with van der Waals surface area (Å²) in [7, 11) is 0. The van der Waals surface area contributed by atoms with Crippen LogP contribution < -0.4 is 5.32 Å². The number of hydrogen-bond donors (Lipinski definition) is 1. The Labute approximate surface area is 59.7 Å². The number of amides is 1. The zero-order valence-electron chi connectivity index (χ0n) is 5.87. The summed E-state index contributed by atoms with van der Waals surface area (Å²) in [5.74, 6) is -0.00583. The van der Waals surface area contributed by atoms with E-state index in [4.69, 9.17) is 0 Å². The average Bonchev–Trinajstić information content (AvgIpc) is 2.34. The van der Waals surface area contributed by atoms with Crippen molar-refractivity contribution in [1.82, 2.24) is 9.88 Å². The van der Waals surface area contributed by atoms with Crippen LogP contribution in [0.1, 0.15) is 6.92 Å². The molecule has 54 valence electrons. The van der Waals surface area contributed by atoms with Gasteiger partial charge in [-0.2, -0.15) is 0 Å². The van der Waals surface area contributed by atoms with Crippen LogP contribution in [0.25, 0.3) is 0 Å². The lowest BCUT2D eigenvalue weighted by Crippen LogP contribution is -2.22. The zero-order valence-corrected chi connectivity index (χ0v) is 5.87. The van der Waals surface area contributed by atoms with Crippen LogP contribution in [0.3, 0.4) is 0 Å². The van der Waals surface area contributed by atoms with Gasteiger partial charge in [-0.05, 0) is 12.1 Å². The largest absolute Gasteiger partial charge is 0.339 e. The standard InChI is InChI=1S/C7H10N2O/c1-7(10)8-6-9-4-2-3-5-9/h2-5H,6H2,1H3,(H,8,10). The number of nitrogens with one attached hydrogen (secondary N) is 1. The van der Waals surface area contributed by atoms with Gasteiger partial charge >= 0.3 is 0 Å². The molecule has 0 saturated carbocycles. The molecular formula is C7H10N2O. The highest BCUT2D eigenvalue weighted by atomic mass is 16.1. The zero-order chi connectivity index (χ0) is 7.40. The van der Waals surface area contributed by atoms with Gasteiger partial charge in [0.2, 0.25) is 5.91 Å². The van der Waals surface area contributed by atoms with Crippen LogP contribution in [0.15, 0.2) is 24.5 Å². The van der Waals surface area contributed by atoms with Crippen molar-refractivity contribution in [2.45, 2.75) is 13.6 Å². The molecule has 10 heavy (non-hydrogen) atoms. The molecule has 0 atom stereocenters. The summed E-state index contributed by atoms with van der Waals surface area (Å²) >= 11 is 0. The molecule has 3 heteroatoms. The number of nitrogens with zero attached hydrogens (tertiary/aromatic N) is 1. The smallest absolute Gasteiger partial charge is 0.218 e. The third-order valence-electron chi connectivity index (χ3n) is 1.18. The van der Waals surface area contributed by atoms with Crippen molar-refractivity contribution in [3.8, 4) is 0 Å². The van der Waals surface area contributed by atoms with Crippen LogP contribution in [-0.2, 0) is 11.5 Å². The molecule has 0 saturated heterocycles. The highest BCUT2D eigenvalue weighted by Crippen LogP contribution is 1.86. The van der Waals surface area contributed by atoms with Gasteiger partial charge in [0, 0.05) is 19.3 Å². The molecule has 0 fully saturated rings. The first-order chi connectivity index (χ1) is 4.79. The first-order valence-electron chi connectivity index (χ1n) is 3.14. The minimum atomic E-state index is -0.00583. The van der Waals surface area contributed by atoms with E-state index in [0.717, 1.165) is 0 Å². The minimum Gasteiger partial charge on any atom is -0.339 e. The fraction of sp³-hybridized carbons (Fsp3) is 0.286. The van der Waals surface area contributed by atoms with Gasteiger partial charge in [0.15, 0.2) is 0 Å². The van der Waals surface area contributed by atoms with Crippen molar-refractivity contribution in [2.24, 2.45) is 0 Å². The Morgan fingerprint density at radius 1 is 1.50 bits per heavy atom. The van der Waals surface area contributed by atoms with Crippen LogP contribution in [-0.4, -0.2) is 10.5 Å². The summed E-state index contributed by atoms with van der Waals surface area (Å²) < 4.78 is 1.89. The summed E-state index contributed by atoms with van der Waals surface area (Å²) in [6.45, 7) is 2.06. The lowest BCUT2D eigenvalue weighted by atomic mass is 10.7. The normalized spacial score (nSPS) is 9.30. The van der Waals surface area contributed by atoms with Crippen molar-refractivity contribution < 1.29 is 4.79 Å². The molecule has 3 nitrogen and oxygen atoms in total. The SMILES string of the molecule is CC(=O)NCn1cccc1. The summed E-state index contributed by atoms with van der Waals surface area (Å²) in [6.07, 6.45) is 3.80. The molecule has 1 aromatic rings. The molecule has 0 spiro atoms. The van der Waals surface area contributed by atoms with E-state index in [1.165, 1.54) is 6.92 Å². The van der Waals surface area contributed by atoms with Gasteiger partial charge in [-0.3, -0.25) is 4.79 Å². The molecule has 1 rings (SSSR count). The predicted molar refractivity (Wildman–Crippen MR) is 38.2 cm³/mol. The van der Waals surface area contributed by atoms with Crippen LogP contribution in [0, 0.1) is 0 Å². The maximum absolute atomic E-state index is 10.4. The third-order valence-corrected chi connectivity index (χ3v) is 1.18. The number of aromatic nitrogens is 1. The molecule has 0 bridgehead atoms. The Morgan fingerprint density at radius 3 is 2.60 bits per heavy atom. The Bertz CT molecular complexity index is 203. The Morgan fingerprint density at radius 2 is 2.10 bits per heavy atom. The van der Waals surface area contributed by atoms with Crippen molar-refractivity contribution in [1.29, 1.82) is 0 Å². The van der Waals surface area contributed by atoms with E-state index >= 15 is 0 Å². The number of carbonyl (C=O) groups excluding carboxylic acids is 1. The second kappa shape index (κ2) is 3.06. The van der Waals surface area contributed by atoms with Crippen molar-refractivity contribution in [3.63, 3.8) is 0 Å². The van der Waals surface area contributed by atoms with Gasteiger partial charge in [0.1, 0.15) is 0 Å². The fourth-order valence-corrected chi connectivity index (χ4v) is 0.678. The van der Waals surface area contributed by atoms with E-state index in [-0.39, 0.29) is 5.91 Å². The molecule has 0 aliphatic carbocycles. The van der Waals surface area contributed by atoms with Crippen molar-refractivity contribution in [2.75, 3.05) is 0 Å². The minimum absolute atomic E-state index is 0.00583. The topological polar surface area (TPSA) is 34.0 Å². The van der Waals surface area contributed by atoms with Gasteiger partial charge in [0.25, 0.3) is 0 Å². The molecule has 1 heterocycles. The lowest BCUT2D eigenvalue weighted by Gasteiger charge is -2.01. The van der Waals surface area contributed by atoms with Gasteiger partial charge in [-0.25, -0.2) is 0 Å². The molecule has 0 aliphatic rings. The number of carbonyl (C=O) groups is 1. The van der Waals surface area contributed by atoms with Gasteiger partial charge in [-0.1, -0.05) is 0 Å². The highest BCUT2D eigenvalue weighted by Gasteiger charge is 1.88. The second-order valence-corrected chi connectivity index (χ2v) is 2.09. The quantitative estimate of drug-likeness (QED) is 0.637. The summed E-state index contributed by atoms with van der Waals surface area (Å²) in [5, 5.41) is 2.67.